The van der Waals surface area contributed by atoms with Crippen LogP contribution in [0.4, 0.5) is 11.4 Å². The summed E-state index contributed by atoms with van der Waals surface area (Å²) in [5, 5.41) is 8.25. The predicted octanol–water partition coefficient (Wildman–Crippen LogP) is 4.73. The molecule has 0 bridgehead atoms. The Morgan fingerprint density at radius 1 is 1.17 bits per heavy atom. The van der Waals surface area contributed by atoms with Crippen LogP contribution in [-0.2, 0) is 4.79 Å². The van der Waals surface area contributed by atoms with E-state index >= 15 is 0 Å². The summed E-state index contributed by atoms with van der Waals surface area (Å²) in [7, 11) is 3.19. The number of halogens is 1. The van der Waals surface area contributed by atoms with Crippen LogP contribution in [0.2, 0.25) is 5.02 Å². The third-order valence-corrected chi connectivity index (χ3v) is 7.05. The van der Waals surface area contributed by atoms with Gasteiger partial charge in [0.05, 0.1) is 36.7 Å². The molecule has 2 aliphatic heterocycles. The van der Waals surface area contributed by atoms with Crippen molar-refractivity contribution in [1.29, 1.82) is 0 Å². The van der Waals surface area contributed by atoms with E-state index in [1.54, 1.807) is 26.5 Å². The number of anilines is 2. The number of aromatic amines is 1. The zero-order chi connectivity index (χ0) is 24.4. The summed E-state index contributed by atoms with van der Waals surface area (Å²) in [6, 6.07) is 7.54. The topological polar surface area (TPSA) is 91.5 Å². The Morgan fingerprint density at radius 2 is 2.03 bits per heavy atom. The molecule has 1 atom stereocenters. The second kappa shape index (κ2) is 10.2. The van der Waals surface area contributed by atoms with Crippen LogP contribution in [0.1, 0.15) is 31.4 Å². The van der Waals surface area contributed by atoms with E-state index in [0.717, 1.165) is 66.9 Å². The van der Waals surface area contributed by atoms with E-state index in [9.17, 15) is 4.79 Å². The van der Waals surface area contributed by atoms with Crippen LogP contribution in [0.5, 0.6) is 11.5 Å². The maximum atomic E-state index is 12.9. The molecule has 1 saturated heterocycles. The van der Waals surface area contributed by atoms with Crippen molar-refractivity contribution in [3.63, 3.8) is 0 Å². The number of amides is 1. The minimum absolute atomic E-state index is 0.0342. The van der Waals surface area contributed by atoms with Crippen molar-refractivity contribution in [2.75, 3.05) is 39.2 Å². The lowest BCUT2D eigenvalue weighted by atomic mass is 10.0. The molecule has 0 unspecified atom stereocenters. The first kappa shape index (κ1) is 23.5. The summed E-state index contributed by atoms with van der Waals surface area (Å²) in [6.07, 6.45) is 7.91. The Morgan fingerprint density at radius 3 is 2.74 bits per heavy atom. The Balaban J connectivity index is 1.37. The minimum atomic E-state index is -0.0342. The fourth-order valence-corrected chi connectivity index (χ4v) is 5.04. The second-order valence-corrected chi connectivity index (χ2v) is 9.29. The molecular weight excluding hydrogens is 466 g/mol. The number of methoxy groups -OCH3 is 2. The van der Waals surface area contributed by atoms with Crippen molar-refractivity contribution in [3.8, 4) is 11.5 Å². The third kappa shape index (κ3) is 4.81. The van der Waals surface area contributed by atoms with Crippen molar-refractivity contribution in [3.05, 3.63) is 47.3 Å². The lowest BCUT2D eigenvalue weighted by molar-refractivity contribution is -0.133. The van der Waals surface area contributed by atoms with E-state index < -0.39 is 0 Å². The zero-order valence-electron chi connectivity index (χ0n) is 20.0. The summed E-state index contributed by atoms with van der Waals surface area (Å²) >= 11 is 6.26. The summed E-state index contributed by atoms with van der Waals surface area (Å²) in [5.41, 5.74) is 4.63. The van der Waals surface area contributed by atoms with Crippen molar-refractivity contribution in [2.24, 2.45) is 0 Å². The predicted molar refractivity (Wildman–Crippen MR) is 139 cm³/mol. The molecule has 3 aromatic rings. The number of ether oxygens (including phenoxy) is 2. The highest BCUT2D eigenvalue weighted by Crippen LogP contribution is 2.39. The molecule has 0 aliphatic carbocycles. The molecule has 0 spiro atoms. The smallest absolute Gasteiger partial charge is 0.239 e. The lowest BCUT2D eigenvalue weighted by Gasteiger charge is -2.32. The number of aromatic nitrogens is 2. The van der Waals surface area contributed by atoms with Crippen LogP contribution in [0.15, 0.2) is 36.5 Å². The van der Waals surface area contributed by atoms with Crippen LogP contribution in [0, 0.1) is 0 Å². The number of carbonyl (C=O) groups excluding carboxylic acids is 1. The number of pyridine rings is 1. The average molecular weight is 496 g/mol. The molecule has 184 valence electrons. The first-order valence-corrected chi connectivity index (χ1v) is 12.3. The quantitative estimate of drug-likeness (QED) is 0.457. The van der Waals surface area contributed by atoms with E-state index in [1.165, 1.54) is 5.57 Å². The molecule has 8 nitrogen and oxygen atoms in total. The monoisotopic (exact) mass is 495 g/mol. The highest BCUT2D eigenvalue weighted by molar-refractivity contribution is 6.32. The summed E-state index contributed by atoms with van der Waals surface area (Å²) < 4.78 is 10.9. The summed E-state index contributed by atoms with van der Waals surface area (Å²) in [6.45, 7) is 2.28. The van der Waals surface area contributed by atoms with Gasteiger partial charge >= 0.3 is 0 Å². The van der Waals surface area contributed by atoms with Gasteiger partial charge in [-0.2, -0.15) is 0 Å². The van der Waals surface area contributed by atoms with Crippen LogP contribution >= 0.6 is 11.6 Å². The molecule has 0 saturated carbocycles. The van der Waals surface area contributed by atoms with E-state index in [1.807, 2.05) is 17.0 Å². The number of H-pyrrole nitrogens is 1. The molecule has 35 heavy (non-hydrogen) atoms. The molecule has 3 N–H and O–H groups in total. The van der Waals surface area contributed by atoms with Crippen molar-refractivity contribution in [2.45, 2.75) is 31.7 Å². The normalized spacial score (nSPS) is 18.3. The number of benzene rings is 1. The van der Waals surface area contributed by atoms with Gasteiger partial charge in [0.2, 0.25) is 5.91 Å². The standard InChI is InChI=1S/C26H30ClN5O3/c1-34-23-15-22(24(35-2)14-18(23)27)30-19-6-10-29-25-17(19)13-21(31-25)16-7-11-32(12-8-16)26(33)20-5-3-4-9-28-20/h6-7,10,13-15,20,28H,3-5,8-9,11-12H2,1-2H3,(H2,29,30,31)/t20-/m1/s1. The third-order valence-electron chi connectivity index (χ3n) is 6.75. The Bertz CT molecular complexity index is 1270. The lowest BCUT2D eigenvalue weighted by Crippen LogP contribution is -2.49. The number of carbonyl (C=O) groups is 1. The van der Waals surface area contributed by atoms with Crippen molar-refractivity contribution >= 4 is 45.5 Å². The van der Waals surface area contributed by atoms with Gasteiger partial charge in [-0.25, -0.2) is 4.98 Å². The number of nitrogens with zero attached hydrogens (tertiary/aromatic N) is 2. The maximum absolute atomic E-state index is 12.9. The van der Waals surface area contributed by atoms with E-state index in [4.69, 9.17) is 21.1 Å². The summed E-state index contributed by atoms with van der Waals surface area (Å²) in [4.78, 5) is 22.8. The number of nitrogens with one attached hydrogen (secondary N) is 3. The van der Waals surface area contributed by atoms with Gasteiger partial charge in [-0.3, -0.25) is 4.79 Å². The van der Waals surface area contributed by atoms with Crippen LogP contribution < -0.4 is 20.1 Å². The molecule has 5 rings (SSSR count). The van der Waals surface area contributed by atoms with Gasteiger partial charge in [0.15, 0.2) is 0 Å². The van der Waals surface area contributed by atoms with Gasteiger partial charge < -0.3 is 30.0 Å². The number of rotatable bonds is 6. The van der Waals surface area contributed by atoms with Crippen LogP contribution in [0.25, 0.3) is 16.6 Å². The van der Waals surface area contributed by atoms with Crippen molar-refractivity contribution in [1.82, 2.24) is 20.2 Å². The molecule has 9 heteroatoms. The molecule has 1 aromatic carbocycles. The number of piperidine rings is 1. The fraction of sp³-hybridized carbons (Fsp3) is 0.385. The fourth-order valence-electron chi connectivity index (χ4n) is 4.81. The number of fused-ring (bicyclic) bond motifs is 1. The zero-order valence-corrected chi connectivity index (χ0v) is 20.7. The second-order valence-electron chi connectivity index (χ2n) is 8.88. The Labute approximate surface area is 209 Å². The summed E-state index contributed by atoms with van der Waals surface area (Å²) in [5.74, 6) is 1.39. The van der Waals surface area contributed by atoms with Gasteiger partial charge in [-0.15, -0.1) is 0 Å². The van der Waals surface area contributed by atoms with E-state index in [0.29, 0.717) is 23.1 Å². The molecule has 1 amide bonds. The minimum Gasteiger partial charge on any atom is -0.495 e. The first-order chi connectivity index (χ1) is 17.1. The molecular formula is C26H30ClN5O3. The highest BCUT2D eigenvalue weighted by Gasteiger charge is 2.27. The largest absolute Gasteiger partial charge is 0.495 e. The first-order valence-electron chi connectivity index (χ1n) is 11.9. The molecule has 4 heterocycles. The van der Waals surface area contributed by atoms with Gasteiger partial charge in [0, 0.05) is 42.5 Å². The van der Waals surface area contributed by atoms with E-state index in [-0.39, 0.29) is 11.9 Å². The van der Waals surface area contributed by atoms with Gasteiger partial charge in [0.25, 0.3) is 0 Å². The number of hydrogen-bond donors (Lipinski definition) is 3. The number of hydrogen-bond acceptors (Lipinski definition) is 6. The highest BCUT2D eigenvalue weighted by atomic mass is 35.5. The van der Waals surface area contributed by atoms with Crippen LogP contribution in [0.3, 0.4) is 0 Å². The van der Waals surface area contributed by atoms with Gasteiger partial charge in [-0.1, -0.05) is 24.1 Å². The van der Waals surface area contributed by atoms with Crippen LogP contribution in [-0.4, -0.2) is 60.7 Å². The Kier molecular flexibility index (Phi) is 6.83. The molecule has 2 aromatic heterocycles. The van der Waals surface area contributed by atoms with Gasteiger partial charge in [-0.05, 0) is 43.5 Å². The van der Waals surface area contributed by atoms with Gasteiger partial charge in [0.1, 0.15) is 17.1 Å². The molecule has 0 radical (unpaired) electrons. The molecule has 1 fully saturated rings. The van der Waals surface area contributed by atoms with Crippen molar-refractivity contribution < 1.29 is 14.3 Å². The Hall–Kier alpha value is -3.23. The average Bonchev–Trinajstić information content (AvgIpc) is 3.35. The van der Waals surface area contributed by atoms with E-state index in [2.05, 4.69) is 32.7 Å². The molecule has 2 aliphatic rings. The maximum Gasteiger partial charge on any atom is 0.239 e. The SMILES string of the molecule is COc1cc(Nc2ccnc3[nH]c(C4=CCN(C(=O)[C@H]5CCCCN5)CC4)cc23)c(OC)cc1Cl.